The maximum atomic E-state index is 4.94. The normalized spacial score (nSPS) is 11.2. The van der Waals surface area contributed by atoms with Crippen LogP contribution in [0.5, 0.6) is 0 Å². The summed E-state index contributed by atoms with van der Waals surface area (Å²) in [5, 5.41) is 3.52. The van der Waals surface area contributed by atoms with E-state index in [1.165, 1.54) is 33.0 Å². The number of rotatable bonds is 8. The van der Waals surface area contributed by atoms with Crippen LogP contribution >= 0.6 is 24.0 Å². The van der Waals surface area contributed by atoms with Gasteiger partial charge in [0.25, 0.3) is 0 Å². The zero-order valence-electron chi connectivity index (χ0n) is 31.0. The molecule has 10 rings (SSSR count). The van der Waals surface area contributed by atoms with Crippen LogP contribution in [-0.4, -0.2) is 4.98 Å². The van der Waals surface area contributed by atoms with Gasteiger partial charge in [0.2, 0.25) is 0 Å². The molecule has 0 amide bonds. The Labute approximate surface area is 342 Å². The fraction of sp³-hybridized carbons (Fsp3) is 0. The lowest BCUT2D eigenvalue weighted by Gasteiger charge is -2.26. The van der Waals surface area contributed by atoms with Crippen LogP contribution in [0.1, 0.15) is 0 Å². The van der Waals surface area contributed by atoms with Crippen LogP contribution in [0.25, 0.3) is 76.1 Å². The van der Waals surface area contributed by atoms with E-state index in [0.29, 0.717) is 0 Å². The number of hydrogen-bond donors (Lipinski definition) is 1. The lowest BCUT2D eigenvalue weighted by molar-refractivity contribution is 1.28. The first kappa shape index (κ1) is 34.7. The van der Waals surface area contributed by atoms with Gasteiger partial charge in [0.05, 0.1) is 10.2 Å². The van der Waals surface area contributed by atoms with Crippen molar-refractivity contribution in [3.8, 4) is 55.1 Å². The van der Waals surface area contributed by atoms with E-state index >= 15 is 0 Å². The van der Waals surface area contributed by atoms with Crippen molar-refractivity contribution >= 4 is 62.0 Å². The van der Waals surface area contributed by atoms with Crippen molar-refractivity contribution in [3.63, 3.8) is 0 Å². The predicted octanol–water partition coefficient (Wildman–Crippen LogP) is 15.5. The van der Waals surface area contributed by atoms with Crippen LogP contribution in [0.3, 0.4) is 0 Å². The molecule has 1 heterocycles. The molecule has 0 radical (unpaired) electrons. The third kappa shape index (κ3) is 6.91. The van der Waals surface area contributed by atoms with Crippen molar-refractivity contribution < 1.29 is 0 Å². The van der Waals surface area contributed by atoms with Crippen molar-refractivity contribution in [3.05, 3.63) is 212 Å². The molecule has 57 heavy (non-hydrogen) atoms. The highest BCUT2D eigenvalue weighted by Crippen LogP contribution is 2.40. The number of hydrogen-bond acceptors (Lipinski definition) is 4. The van der Waals surface area contributed by atoms with E-state index in [2.05, 4.69) is 211 Å². The highest BCUT2D eigenvalue weighted by Gasteiger charge is 2.16. The zero-order chi connectivity index (χ0) is 38.1. The maximum absolute atomic E-state index is 4.94. The standard InChI is InChI=1S/C53H36N2S2/c56-51-35-50-52(57-53(54-50)41-14-5-2-6-15-41)34-49(51)43-18-9-17-42(33-43)38-23-29-45(30-24-38)55(44-27-21-37(22-28-44)36-11-3-1-4-12-36)46-31-25-40(26-32-46)48-20-10-16-39-13-7-8-19-47(39)48/h1-35,56H. The van der Waals surface area contributed by atoms with Gasteiger partial charge >= 0.3 is 0 Å². The Kier molecular flexibility index (Phi) is 9.19. The van der Waals surface area contributed by atoms with Gasteiger partial charge < -0.3 is 4.90 Å². The number of aromatic nitrogens is 1. The third-order valence-corrected chi connectivity index (χ3v) is 12.1. The predicted molar refractivity (Wildman–Crippen MR) is 246 cm³/mol. The quantitative estimate of drug-likeness (QED) is 0.155. The number of fused-ring (bicyclic) bond motifs is 2. The van der Waals surface area contributed by atoms with E-state index in [0.717, 1.165) is 65.0 Å². The van der Waals surface area contributed by atoms with E-state index in [1.54, 1.807) is 11.3 Å². The molecule has 0 saturated heterocycles. The van der Waals surface area contributed by atoms with Crippen molar-refractivity contribution in [2.24, 2.45) is 0 Å². The van der Waals surface area contributed by atoms with Crippen molar-refractivity contribution in [2.45, 2.75) is 4.90 Å². The molecule has 9 aromatic carbocycles. The Morgan fingerprint density at radius 2 is 0.895 bits per heavy atom. The van der Waals surface area contributed by atoms with Gasteiger partial charge in [-0.3, -0.25) is 0 Å². The number of nitrogens with zero attached hydrogens (tertiary/aromatic N) is 2. The van der Waals surface area contributed by atoms with Gasteiger partial charge in [-0.05, 0) is 110 Å². The molecule has 0 N–H and O–H groups in total. The first-order valence-corrected chi connectivity index (χ1v) is 20.3. The van der Waals surface area contributed by atoms with Gasteiger partial charge in [0.1, 0.15) is 5.01 Å². The Balaban J connectivity index is 0.989. The summed E-state index contributed by atoms with van der Waals surface area (Å²) in [7, 11) is 0. The summed E-state index contributed by atoms with van der Waals surface area (Å²) in [6, 6.07) is 75.8. The van der Waals surface area contributed by atoms with Gasteiger partial charge in [0, 0.05) is 27.5 Å². The minimum atomic E-state index is 0.917. The summed E-state index contributed by atoms with van der Waals surface area (Å²) in [5.74, 6) is 0. The molecule has 0 unspecified atom stereocenters. The maximum Gasteiger partial charge on any atom is 0.124 e. The molecule has 0 atom stereocenters. The molecule has 0 bridgehead atoms. The topological polar surface area (TPSA) is 16.1 Å². The Bertz CT molecular complexity index is 2980. The van der Waals surface area contributed by atoms with E-state index < -0.39 is 0 Å². The summed E-state index contributed by atoms with van der Waals surface area (Å²) in [4.78, 5) is 8.18. The van der Waals surface area contributed by atoms with Crippen molar-refractivity contribution in [2.75, 3.05) is 4.90 Å². The zero-order valence-corrected chi connectivity index (χ0v) is 32.7. The molecule has 4 heteroatoms. The van der Waals surface area contributed by atoms with Crippen LogP contribution < -0.4 is 4.90 Å². The van der Waals surface area contributed by atoms with Crippen LogP contribution in [0, 0.1) is 0 Å². The van der Waals surface area contributed by atoms with Gasteiger partial charge in [-0.2, -0.15) is 0 Å². The number of benzene rings is 9. The summed E-state index contributed by atoms with van der Waals surface area (Å²) < 4.78 is 1.15. The fourth-order valence-electron chi connectivity index (χ4n) is 7.72. The number of anilines is 3. The minimum absolute atomic E-state index is 0.917. The first-order valence-electron chi connectivity index (χ1n) is 19.1. The Morgan fingerprint density at radius 3 is 1.58 bits per heavy atom. The second kappa shape index (κ2) is 15.1. The highest BCUT2D eigenvalue weighted by atomic mass is 32.1. The number of thiol groups is 1. The Morgan fingerprint density at radius 1 is 0.386 bits per heavy atom. The van der Waals surface area contributed by atoms with E-state index in [-0.39, 0.29) is 0 Å². The monoisotopic (exact) mass is 764 g/mol. The highest BCUT2D eigenvalue weighted by molar-refractivity contribution is 7.80. The van der Waals surface area contributed by atoms with Gasteiger partial charge in [-0.1, -0.05) is 158 Å². The SMILES string of the molecule is Sc1cc2nc(-c3ccccc3)sc2cc1-c1cccc(-c2ccc(N(c3ccc(-c4ccccc4)cc3)c3ccc(-c4cccc5ccccc45)cc3)cc2)c1. The average Bonchev–Trinajstić information content (AvgIpc) is 3.70. The third-order valence-electron chi connectivity index (χ3n) is 10.6. The molecule has 1 aromatic heterocycles. The molecule has 0 spiro atoms. The van der Waals surface area contributed by atoms with Gasteiger partial charge in [-0.25, -0.2) is 4.98 Å². The summed E-state index contributed by atoms with van der Waals surface area (Å²) in [5.41, 5.74) is 14.7. The van der Waals surface area contributed by atoms with Crippen molar-refractivity contribution in [1.29, 1.82) is 0 Å². The minimum Gasteiger partial charge on any atom is -0.311 e. The van der Waals surface area contributed by atoms with Crippen LogP contribution in [0.4, 0.5) is 17.1 Å². The second-order valence-corrected chi connectivity index (χ2v) is 15.7. The van der Waals surface area contributed by atoms with Crippen LogP contribution in [-0.2, 0) is 0 Å². The van der Waals surface area contributed by atoms with Gasteiger partial charge in [0.15, 0.2) is 0 Å². The fourth-order valence-corrected chi connectivity index (χ4v) is 9.02. The van der Waals surface area contributed by atoms with E-state index in [1.807, 2.05) is 6.07 Å². The molecule has 2 nitrogen and oxygen atoms in total. The largest absolute Gasteiger partial charge is 0.311 e. The first-order chi connectivity index (χ1) is 28.1. The molecule has 0 aliphatic heterocycles. The lowest BCUT2D eigenvalue weighted by Crippen LogP contribution is -2.09. The Hall–Kier alpha value is -6.72. The summed E-state index contributed by atoms with van der Waals surface area (Å²) >= 11 is 6.66. The summed E-state index contributed by atoms with van der Waals surface area (Å²) in [6.07, 6.45) is 0. The number of thiazole rings is 1. The average molecular weight is 765 g/mol. The van der Waals surface area contributed by atoms with Crippen LogP contribution in [0.15, 0.2) is 217 Å². The molecular formula is C53H36N2S2. The molecule has 0 saturated carbocycles. The second-order valence-electron chi connectivity index (χ2n) is 14.2. The van der Waals surface area contributed by atoms with E-state index in [9.17, 15) is 0 Å². The molecule has 10 aromatic rings. The lowest BCUT2D eigenvalue weighted by atomic mass is 9.97. The summed E-state index contributed by atoms with van der Waals surface area (Å²) in [6.45, 7) is 0. The molecular weight excluding hydrogens is 729 g/mol. The van der Waals surface area contributed by atoms with Crippen molar-refractivity contribution in [1.82, 2.24) is 4.98 Å². The molecule has 0 aliphatic carbocycles. The smallest absolute Gasteiger partial charge is 0.124 e. The van der Waals surface area contributed by atoms with Gasteiger partial charge in [-0.15, -0.1) is 24.0 Å². The molecule has 0 aliphatic rings. The molecule has 270 valence electrons. The van der Waals surface area contributed by atoms with Crippen LogP contribution in [0.2, 0.25) is 0 Å². The van der Waals surface area contributed by atoms with E-state index in [4.69, 9.17) is 17.6 Å². The molecule has 0 fully saturated rings.